The number of hydrogen-bond acceptors (Lipinski definition) is 5. The Kier molecular flexibility index (Phi) is 9.11. The molecule has 0 radical (unpaired) electrons. The number of benzene rings is 2. The van der Waals surface area contributed by atoms with Gasteiger partial charge in [0.2, 0.25) is 0 Å². The number of rotatable bonds is 8. The quantitative estimate of drug-likeness (QED) is 0.324. The van der Waals surface area contributed by atoms with E-state index < -0.39 is 23.3 Å². The van der Waals surface area contributed by atoms with Gasteiger partial charge in [-0.3, -0.25) is 14.7 Å². The van der Waals surface area contributed by atoms with Crippen LogP contribution in [0.2, 0.25) is 10.0 Å². The second-order valence-electron chi connectivity index (χ2n) is 9.73. The number of likely N-dealkylation sites (tertiary alicyclic amines) is 1. The van der Waals surface area contributed by atoms with Gasteiger partial charge in [0.25, 0.3) is 0 Å². The summed E-state index contributed by atoms with van der Waals surface area (Å²) in [5, 5.41) is 22.0. The molecule has 1 aromatic heterocycles. The summed E-state index contributed by atoms with van der Waals surface area (Å²) in [5.74, 6) is 5.41. The van der Waals surface area contributed by atoms with Crippen LogP contribution in [0.1, 0.15) is 49.3 Å². The average molecular weight is 559 g/mol. The van der Waals surface area contributed by atoms with Crippen LogP contribution in [-0.4, -0.2) is 52.8 Å². The van der Waals surface area contributed by atoms with Crippen LogP contribution < -0.4 is 4.74 Å². The highest BCUT2D eigenvalue weighted by molar-refractivity contribution is 6.32. The largest absolute Gasteiger partial charge is 0.497 e. The molecule has 0 unspecified atom stereocenters. The molecule has 1 saturated heterocycles. The molecular weight excluding hydrogens is 530 g/mol. The zero-order valence-corrected chi connectivity index (χ0v) is 22.5. The Morgan fingerprint density at radius 2 is 1.97 bits per heavy atom. The Balaban J connectivity index is 1.42. The number of piperidine rings is 1. The van der Waals surface area contributed by atoms with Gasteiger partial charge in [0.15, 0.2) is 0 Å². The number of hydrogen-bond donors (Lipinski definition) is 2. The lowest BCUT2D eigenvalue weighted by molar-refractivity contribution is -0.141. The monoisotopic (exact) mass is 558 g/mol. The van der Waals surface area contributed by atoms with Crippen LogP contribution in [0.3, 0.4) is 0 Å². The molecule has 1 aliphatic heterocycles. The van der Waals surface area contributed by atoms with Crippen LogP contribution in [0.15, 0.2) is 42.6 Å². The SMILES string of the molecule is COc1ccc2ncc(Cl)c([C@H](O)CCC3(CC(=O)O)CCN(CC#Cc4ccc(F)c(Cl)c4)CC3)c2c1. The number of aliphatic hydroxyl groups is 1. The molecule has 2 aromatic carbocycles. The highest BCUT2D eigenvalue weighted by atomic mass is 35.5. The predicted octanol–water partition coefficient (Wildman–Crippen LogP) is 6.11. The molecule has 9 heteroatoms. The summed E-state index contributed by atoms with van der Waals surface area (Å²) in [6.07, 6.45) is 2.95. The number of carboxylic acid groups (broad SMARTS) is 1. The number of carboxylic acids is 1. The van der Waals surface area contributed by atoms with Crippen LogP contribution in [-0.2, 0) is 4.79 Å². The lowest BCUT2D eigenvalue weighted by atomic mass is 9.71. The van der Waals surface area contributed by atoms with Crippen molar-refractivity contribution in [1.29, 1.82) is 0 Å². The minimum absolute atomic E-state index is 0.0337. The number of carbonyl (C=O) groups is 1. The number of halogens is 3. The number of aliphatic carboxylic acids is 1. The number of fused-ring (bicyclic) bond motifs is 1. The van der Waals surface area contributed by atoms with Crippen molar-refractivity contribution >= 4 is 40.1 Å². The molecular formula is C29H29Cl2FN2O4. The van der Waals surface area contributed by atoms with Gasteiger partial charge in [-0.2, -0.15) is 0 Å². The molecule has 1 atom stereocenters. The maximum atomic E-state index is 13.3. The Morgan fingerprint density at radius 1 is 1.21 bits per heavy atom. The van der Waals surface area contributed by atoms with Crippen molar-refractivity contribution in [3.8, 4) is 17.6 Å². The summed E-state index contributed by atoms with van der Waals surface area (Å²) in [6.45, 7) is 1.90. The lowest BCUT2D eigenvalue weighted by Gasteiger charge is -2.41. The number of aromatic nitrogens is 1. The zero-order chi connectivity index (χ0) is 27.3. The van der Waals surface area contributed by atoms with Gasteiger partial charge in [-0.1, -0.05) is 35.0 Å². The number of nitrogens with zero attached hydrogens (tertiary/aromatic N) is 2. The smallest absolute Gasteiger partial charge is 0.303 e. The molecule has 6 nitrogen and oxygen atoms in total. The van der Waals surface area contributed by atoms with E-state index in [0.717, 1.165) is 0 Å². The average Bonchev–Trinajstić information content (AvgIpc) is 2.90. The van der Waals surface area contributed by atoms with Crippen molar-refractivity contribution in [3.63, 3.8) is 0 Å². The molecule has 0 amide bonds. The molecule has 0 aliphatic carbocycles. The summed E-state index contributed by atoms with van der Waals surface area (Å²) in [4.78, 5) is 18.3. The van der Waals surface area contributed by atoms with Crippen LogP contribution in [0, 0.1) is 23.1 Å². The van der Waals surface area contributed by atoms with Crippen molar-refractivity contribution in [2.45, 2.75) is 38.2 Å². The van der Waals surface area contributed by atoms with Gasteiger partial charge in [-0.25, -0.2) is 4.39 Å². The highest BCUT2D eigenvalue weighted by Gasteiger charge is 2.37. The first kappa shape index (κ1) is 28.1. The molecule has 0 saturated carbocycles. The van der Waals surface area contributed by atoms with E-state index in [0.29, 0.717) is 78.1 Å². The highest BCUT2D eigenvalue weighted by Crippen LogP contribution is 2.43. The third kappa shape index (κ3) is 6.75. The zero-order valence-electron chi connectivity index (χ0n) is 21.0. The number of methoxy groups -OCH3 is 1. The van der Waals surface area contributed by atoms with Gasteiger partial charge in [-0.05, 0) is 80.6 Å². The molecule has 38 heavy (non-hydrogen) atoms. The maximum Gasteiger partial charge on any atom is 0.303 e. The van der Waals surface area contributed by atoms with E-state index in [1.165, 1.54) is 18.3 Å². The van der Waals surface area contributed by atoms with Crippen molar-refractivity contribution in [2.75, 3.05) is 26.7 Å². The third-order valence-electron chi connectivity index (χ3n) is 7.25. The minimum atomic E-state index is -0.878. The van der Waals surface area contributed by atoms with Crippen LogP contribution >= 0.6 is 23.2 Å². The van der Waals surface area contributed by atoms with E-state index in [9.17, 15) is 19.4 Å². The van der Waals surface area contributed by atoms with Gasteiger partial charge >= 0.3 is 5.97 Å². The van der Waals surface area contributed by atoms with Crippen LogP contribution in [0.25, 0.3) is 10.9 Å². The van der Waals surface area contributed by atoms with E-state index in [-0.39, 0.29) is 11.4 Å². The molecule has 4 rings (SSSR count). The van der Waals surface area contributed by atoms with Gasteiger partial charge in [-0.15, -0.1) is 0 Å². The molecule has 200 valence electrons. The maximum absolute atomic E-state index is 13.3. The Morgan fingerprint density at radius 3 is 2.66 bits per heavy atom. The van der Waals surface area contributed by atoms with E-state index in [1.807, 2.05) is 6.07 Å². The van der Waals surface area contributed by atoms with Crippen LogP contribution in [0.4, 0.5) is 4.39 Å². The topological polar surface area (TPSA) is 82.9 Å². The number of aliphatic hydroxyl groups excluding tert-OH is 1. The van der Waals surface area contributed by atoms with E-state index in [4.69, 9.17) is 27.9 Å². The van der Waals surface area contributed by atoms with Gasteiger partial charge in [0, 0.05) is 22.7 Å². The first-order valence-electron chi connectivity index (χ1n) is 12.4. The van der Waals surface area contributed by atoms with Crippen LogP contribution in [0.5, 0.6) is 5.75 Å². The lowest BCUT2D eigenvalue weighted by Crippen LogP contribution is -2.41. The van der Waals surface area contributed by atoms with Crippen molar-refractivity contribution in [2.24, 2.45) is 5.41 Å². The Hall–Kier alpha value is -2.89. The Labute approximate surface area is 231 Å². The fraction of sp³-hybridized carbons (Fsp3) is 0.379. The number of pyridine rings is 1. The summed E-state index contributed by atoms with van der Waals surface area (Å²) >= 11 is 12.3. The molecule has 1 fully saturated rings. The van der Waals surface area contributed by atoms with Gasteiger partial charge < -0.3 is 14.9 Å². The van der Waals surface area contributed by atoms with E-state index in [2.05, 4.69) is 21.7 Å². The molecule has 0 bridgehead atoms. The number of ether oxygens (including phenoxy) is 1. The normalized spacial score (nSPS) is 16.0. The molecule has 3 aromatic rings. The summed E-state index contributed by atoms with van der Waals surface area (Å²) in [7, 11) is 1.57. The molecule has 2 heterocycles. The first-order valence-corrected chi connectivity index (χ1v) is 13.1. The summed E-state index contributed by atoms with van der Waals surface area (Å²) in [5.41, 5.74) is 1.48. The fourth-order valence-corrected chi connectivity index (χ4v) is 5.53. The summed E-state index contributed by atoms with van der Waals surface area (Å²) in [6, 6.07) is 9.79. The summed E-state index contributed by atoms with van der Waals surface area (Å²) < 4.78 is 18.7. The second-order valence-corrected chi connectivity index (χ2v) is 10.5. The first-order chi connectivity index (χ1) is 18.2. The van der Waals surface area contributed by atoms with E-state index in [1.54, 1.807) is 25.3 Å². The molecule has 1 aliphatic rings. The van der Waals surface area contributed by atoms with Crippen molar-refractivity contribution in [1.82, 2.24) is 9.88 Å². The van der Waals surface area contributed by atoms with E-state index >= 15 is 0 Å². The Bertz CT molecular complexity index is 1380. The van der Waals surface area contributed by atoms with Gasteiger partial charge in [0.05, 0.1) is 41.7 Å². The third-order valence-corrected chi connectivity index (χ3v) is 7.84. The standard InChI is InChI=1S/C29H29Cl2FN2O4/c1-38-20-5-7-25-21(16-20)28(23(31)18-33-25)26(35)8-9-29(17-27(36)37)10-13-34(14-11-29)12-2-3-19-4-6-24(32)22(30)15-19/h4-7,15-16,18,26,35H,8-14,17H2,1H3,(H,36,37)/t26-/m1/s1. The van der Waals surface area contributed by atoms with Gasteiger partial charge in [0.1, 0.15) is 11.6 Å². The molecule has 2 N–H and O–H groups in total. The second kappa shape index (κ2) is 12.3. The predicted molar refractivity (Wildman–Crippen MR) is 146 cm³/mol. The minimum Gasteiger partial charge on any atom is -0.497 e. The molecule has 0 spiro atoms. The van der Waals surface area contributed by atoms with Crippen molar-refractivity contribution in [3.05, 3.63) is 69.6 Å². The van der Waals surface area contributed by atoms with Crippen molar-refractivity contribution < 1.29 is 24.1 Å². The fourth-order valence-electron chi connectivity index (χ4n) is 5.07.